The van der Waals surface area contributed by atoms with E-state index in [1.807, 2.05) is 18.2 Å². The predicted octanol–water partition coefficient (Wildman–Crippen LogP) is 1.45. The summed E-state index contributed by atoms with van der Waals surface area (Å²) >= 11 is 0.718. The van der Waals surface area contributed by atoms with Crippen molar-refractivity contribution < 1.29 is 34.5 Å². The van der Waals surface area contributed by atoms with Gasteiger partial charge < -0.3 is 31.3 Å². The molecule has 7 N–H and O–H groups in total. The third-order valence-electron chi connectivity index (χ3n) is 5.53. The number of aromatic hydroxyl groups is 2. The average Bonchev–Trinajstić information content (AvgIpc) is 3.56. The maximum absolute atomic E-state index is 12.8. The molecule has 4 aromatic rings. The van der Waals surface area contributed by atoms with Crippen LogP contribution in [-0.2, 0) is 11.3 Å². The average molecular weight is 549 g/mol. The largest absolute Gasteiger partial charge is 0.508 e. The zero-order chi connectivity index (χ0) is 28.1. The number of H-pyrrole nitrogens is 1. The SMILES string of the molecule is N#Cc1cc(C(=O)NCc2cccc3[nH]ncc23)sc1C(=O)NC(CNC(=O)c1cc(O)cc(O)c1)C(=O)O. The highest BCUT2D eigenvalue weighted by Crippen LogP contribution is 2.23. The maximum Gasteiger partial charge on any atom is 0.328 e. The molecule has 1 atom stereocenters. The van der Waals surface area contributed by atoms with Crippen molar-refractivity contribution in [3.8, 4) is 17.6 Å². The lowest BCUT2D eigenvalue weighted by Crippen LogP contribution is -2.48. The number of carboxylic acids is 1. The quantitative estimate of drug-likeness (QED) is 0.161. The number of benzene rings is 2. The van der Waals surface area contributed by atoms with E-state index in [1.165, 1.54) is 6.07 Å². The number of carbonyl (C=O) groups is 4. The van der Waals surface area contributed by atoms with E-state index in [1.54, 1.807) is 12.3 Å². The fraction of sp³-hybridized carbons (Fsp3) is 0.120. The number of carbonyl (C=O) groups excluding carboxylic acids is 3. The van der Waals surface area contributed by atoms with Crippen molar-refractivity contribution in [2.45, 2.75) is 12.6 Å². The van der Waals surface area contributed by atoms with Gasteiger partial charge in [-0.1, -0.05) is 12.1 Å². The zero-order valence-electron chi connectivity index (χ0n) is 19.9. The van der Waals surface area contributed by atoms with Crippen LogP contribution in [0.5, 0.6) is 11.5 Å². The number of aliphatic carboxylic acids is 1. The highest BCUT2D eigenvalue weighted by atomic mass is 32.1. The number of carboxylic acid groups (broad SMARTS) is 1. The molecule has 0 spiro atoms. The summed E-state index contributed by atoms with van der Waals surface area (Å²) in [5, 5.41) is 52.9. The smallest absolute Gasteiger partial charge is 0.328 e. The number of nitrogens with one attached hydrogen (secondary N) is 4. The number of fused-ring (bicyclic) bond motifs is 1. The Kier molecular flexibility index (Phi) is 7.73. The van der Waals surface area contributed by atoms with Gasteiger partial charge in [-0.3, -0.25) is 19.5 Å². The highest BCUT2D eigenvalue weighted by Gasteiger charge is 2.26. The minimum Gasteiger partial charge on any atom is -0.508 e. The summed E-state index contributed by atoms with van der Waals surface area (Å²) in [5.41, 5.74) is 1.35. The summed E-state index contributed by atoms with van der Waals surface area (Å²) < 4.78 is 0. The second-order valence-electron chi connectivity index (χ2n) is 8.21. The summed E-state index contributed by atoms with van der Waals surface area (Å²) in [6.45, 7) is -0.384. The lowest BCUT2D eigenvalue weighted by Gasteiger charge is -2.15. The lowest BCUT2D eigenvalue weighted by molar-refractivity contribution is -0.139. The molecule has 1 unspecified atom stereocenters. The molecule has 2 aromatic carbocycles. The first kappa shape index (κ1) is 26.6. The monoisotopic (exact) mass is 548 g/mol. The van der Waals surface area contributed by atoms with E-state index in [-0.39, 0.29) is 38.9 Å². The van der Waals surface area contributed by atoms with Crippen molar-refractivity contribution in [2.75, 3.05) is 6.54 Å². The van der Waals surface area contributed by atoms with E-state index in [2.05, 4.69) is 26.1 Å². The van der Waals surface area contributed by atoms with E-state index < -0.39 is 36.3 Å². The number of rotatable bonds is 9. The molecule has 13 nitrogen and oxygen atoms in total. The van der Waals surface area contributed by atoms with E-state index in [9.17, 15) is 39.8 Å². The number of hydrogen-bond acceptors (Lipinski definition) is 9. The second kappa shape index (κ2) is 11.3. The van der Waals surface area contributed by atoms with Gasteiger partial charge in [0.2, 0.25) is 0 Å². The fourth-order valence-electron chi connectivity index (χ4n) is 3.65. The van der Waals surface area contributed by atoms with Gasteiger partial charge in [0.05, 0.1) is 22.2 Å². The Balaban J connectivity index is 1.42. The third-order valence-corrected chi connectivity index (χ3v) is 6.66. The van der Waals surface area contributed by atoms with Crippen LogP contribution in [0, 0.1) is 11.3 Å². The Labute approximate surface area is 223 Å². The molecule has 0 aliphatic rings. The molecule has 0 aliphatic carbocycles. The van der Waals surface area contributed by atoms with Gasteiger partial charge in [-0.15, -0.1) is 11.3 Å². The molecule has 0 aliphatic heterocycles. The van der Waals surface area contributed by atoms with Crippen LogP contribution < -0.4 is 16.0 Å². The van der Waals surface area contributed by atoms with Crippen LogP contribution in [0.1, 0.15) is 40.8 Å². The summed E-state index contributed by atoms with van der Waals surface area (Å²) in [7, 11) is 0. The Morgan fingerprint density at radius 1 is 1.03 bits per heavy atom. The summed E-state index contributed by atoms with van der Waals surface area (Å²) in [6.07, 6.45) is 1.63. The Hall–Kier alpha value is -5.42. The van der Waals surface area contributed by atoms with Crippen LogP contribution in [0.25, 0.3) is 10.9 Å². The van der Waals surface area contributed by atoms with Crippen molar-refractivity contribution in [1.82, 2.24) is 26.1 Å². The van der Waals surface area contributed by atoms with Crippen molar-refractivity contribution in [2.24, 2.45) is 0 Å². The van der Waals surface area contributed by atoms with E-state index in [0.29, 0.717) is 0 Å². The van der Waals surface area contributed by atoms with E-state index >= 15 is 0 Å². The number of amides is 3. The molecule has 39 heavy (non-hydrogen) atoms. The lowest BCUT2D eigenvalue weighted by atomic mass is 10.1. The molecule has 2 heterocycles. The van der Waals surface area contributed by atoms with E-state index in [4.69, 9.17) is 0 Å². The summed E-state index contributed by atoms with van der Waals surface area (Å²) in [4.78, 5) is 49.5. The first-order valence-corrected chi connectivity index (χ1v) is 12.1. The minimum absolute atomic E-state index is 0.0694. The number of nitrogens with zero attached hydrogens (tertiary/aromatic N) is 2. The van der Waals surface area contributed by atoms with Crippen LogP contribution in [0.15, 0.2) is 48.7 Å². The molecule has 0 bridgehead atoms. The van der Waals surface area contributed by atoms with Crippen molar-refractivity contribution in [1.29, 1.82) is 5.26 Å². The van der Waals surface area contributed by atoms with Gasteiger partial charge in [0.1, 0.15) is 28.5 Å². The van der Waals surface area contributed by atoms with Gasteiger partial charge in [0.15, 0.2) is 0 Å². The second-order valence-corrected chi connectivity index (χ2v) is 9.26. The molecule has 3 amide bonds. The fourth-order valence-corrected chi connectivity index (χ4v) is 4.58. The van der Waals surface area contributed by atoms with Crippen LogP contribution in [0.4, 0.5) is 0 Å². The van der Waals surface area contributed by atoms with Crippen LogP contribution in [0.3, 0.4) is 0 Å². The molecular formula is C25H20N6O7S. The zero-order valence-corrected chi connectivity index (χ0v) is 20.7. The molecule has 2 aromatic heterocycles. The number of aromatic nitrogens is 2. The van der Waals surface area contributed by atoms with Crippen molar-refractivity contribution in [3.63, 3.8) is 0 Å². The number of phenolic OH excluding ortho intramolecular Hbond substituents is 2. The molecule has 0 fully saturated rings. The van der Waals surface area contributed by atoms with Gasteiger partial charge in [0.25, 0.3) is 17.7 Å². The van der Waals surface area contributed by atoms with Crippen molar-refractivity contribution >= 4 is 45.9 Å². The predicted molar refractivity (Wildman–Crippen MR) is 137 cm³/mol. The summed E-state index contributed by atoms with van der Waals surface area (Å²) in [6, 6.07) is 10.1. The first-order valence-electron chi connectivity index (χ1n) is 11.2. The molecule has 4 rings (SSSR count). The highest BCUT2D eigenvalue weighted by molar-refractivity contribution is 7.16. The first-order chi connectivity index (χ1) is 18.7. The number of hydrogen-bond donors (Lipinski definition) is 7. The molecule has 198 valence electrons. The molecular weight excluding hydrogens is 528 g/mol. The normalized spacial score (nSPS) is 11.4. The molecule has 0 saturated carbocycles. The van der Waals surface area contributed by atoms with Gasteiger partial charge in [-0.25, -0.2) is 4.79 Å². The Bertz CT molecular complexity index is 1620. The topological polar surface area (TPSA) is 218 Å². The van der Waals surface area contributed by atoms with Crippen LogP contribution in [0.2, 0.25) is 0 Å². The number of phenols is 2. The minimum atomic E-state index is -1.59. The van der Waals surface area contributed by atoms with Crippen LogP contribution in [-0.4, -0.2) is 61.8 Å². The molecule has 14 heteroatoms. The number of nitriles is 1. The Morgan fingerprint density at radius 2 is 1.77 bits per heavy atom. The number of thiophene rings is 1. The summed E-state index contributed by atoms with van der Waals surface area (Å²) in [5.74, 6) is -4.47. The standard InChI is InChI=1S/C25H20N6O7S/c26-8-14-6-20(23(35)27-9-12-2-1-3-18-17(12)10-29-31-18)39-21(14)24(36)30-19(25(37)38)11-28-22(34)13-4-15(32)7-16(33)5-13/h1-7,10,19,32-33H,9,11H2,(H,27,35)(H,28,34)(H,29,31)(H,30,36)(H,37,38). The Morgan fingerprint density at radius 3 is 2.46 bits per heavy atom. The van der Waals surface area contributed by atoms with Crippen LogP contribution >= 0.6 is 11.3 Å². The van der Waals surface area contributed by atoms with Crippen molar-refractivity contribution in [3.05, 3.63) is 75.1 Å². The van der Waals surface area contributed by atoms with Gasteiger partial charge in [-0.05, 0) is 29.8 Å². The molecule has 0 saturated heterocycles. The van der Waals surface area contributed by atoms with E-state index in [0.717, 1.165) is 46.0 Å². The third kappa shape index (κ3) is 6.12. The number of aromatic amines is 1. The molecule has 0 radical (unpaired) electrons. The van der Waals surface area contributed by atoms with Gasteiger partial charge in [0, 0.05) is 30.1 Å². The van der Waals surface area contributed by atoms with Gasteiger partial charge >= 0.3 is 5.97 Å². The maximum atomic E-state index is 12.8. The van der Waals surface area contributed by atoms with Gasteiger partial charge in [-0.2, -0.15) is 10.4 Å².